The number of aromatic nitrogens is 3. The molecule has 0 aliphatic heterocycles. The molecule has 0 fully saturated rings. The Morgan fingerprint density at radius 3 is 2.87 bits per heavy atom. The molecule has 0 radical (unpaired) electrons. The number of rotatable bonds is 6. The van der Waals surface area contributed by atoms with Crippen molar-refractivity contribution in [3.05, 3.63) is 44.1 Å². The van der Waals surface area contributed by atoms with E-state index in [0.717, 1.165) is 29.7 Å². The Morgan fingerprint density at radius 1 is 1.32 bits per heavy atom. The van der Waals surface area contributed by atoms with Crippen molar-refractivity contribution in [2.75, 3.05) is 11.1 Å². The summed E-state index contributed by atoms with van der Waals surface area (Å²) in [6.07, 6.45) is 3.45. The van der Waals surface area contributed by atoms with Crippen molar-refractivity contribution < 1.29 is 4.79 Å². The number of anilines is 1. The van der Waals surface area contributed by atoms with Crippen LogP contribution in [0.3, 0.4) is 0 Å². The second-order valence-corrected chi connectivity index (χ2v) is 10.9. The predicted octanol–water partition coefficient (Wildman–Crippen LogP) is 6.75. The molecular formula is C22H24Cl2N4OS2. The second-order valence-electron chi connectivity index (χ2n) is 8.13. The third kappa shape index (κ3) is 4.95. The van der Waals surface area contributed by atoms with Gasteiger partial charge in [-0.15, -0.1) is 21.5 Å². The van der Waals surface area contributed by atoms with Crippen LogP contribution in [0.5, 0.6) is 0 Å². The number of carbonyl (C=O) groups is 1. The molecule has 9 heteroatoms. The summed E-state index contributed by atoms with van der Waals surface area (Å²) in [6, 6.07) is 5.22. The van der Waals surface area contributed by atoms with Gasteiger partial charge in [-0.3, -0.25) is 9.36 Å². The van der Waals surface area contributed by atoms with Gasteiger partial charge in [0, 0.05) is 27.5 Å². The Hall–Kier alpha value is -1.54. The van der Waals surface area contributed by atoms with E-state index in [9.17, 15) is 4.79 Å². The van der Waals surface area contributed by atoms with Gasteiger partial charge in [0.2, 0.25) is 5.91 Å². The van der Waals surface area contributed by atoms with Crippen molar-refractivity contribution in [3.63, 3.8) is 0 Å². The van der Waals surface area contributed by atoms with E-state index in [1.165, 1.54) is 34.2 Å². The van der Waals surface area contributed by atoms with Gasteiger partial charge >= 0.3 is 0 Å². The van der Waals surface area contributed by atoms with Crippen LogP contribution >= 0.6 is 46.3 Å². The highest BCUT2D eigenvalue weighted by atomic mass is 35.5. The summed E-state index contributed by atoms with van der Waals surface area (Å²) in [7, 11) is 0. The molecule has 0 spiro atoms. The zero-order valence-electron chi connectivity index (χ0n) is 17.6. The average Bonchev–Trinajstić information content (AvgIpc) is 3.32. The Balaban J connectivity index is 1.50. The monoisotopic (exact) mass is 494 g/mol. The van der Waals surface area contributed by atoms with Crippen LogP contribution in [0, 0.1) is 5.92 Å². The fraction of sp³-hybridized carbons (Fsp3) is 0.409. The van der Waals surface area contributed by atoms with Crippen LogP contribution in [0.1, 0.15) is 43.7 Å². The quantitative estimate of drug-likeness (QED) is 0.385. The van der Waals surface area contributed by atoms with Gasteiger partial charge in [-0.25, -0.2) is 0 Å². The van der Waals surface area contributed by atoms with E-state index in [4.69, 9.17) is 23.2 Å². The number of nitrogens with zero attached hydrogens (tertiary/aromatic N) is 3. The van der Waals surface area contributed by atoms with Crippen LogP contribution in [0.25, 0.3) is 11.4 Å². The third-order valence-corrected chi connectivity index (χ3v) is 8.09. The van der Waals surface area contributed by atoms with Gasteiger partial charge in [0.1, 0.15) is 0 Å². The van der Waals surface area contributed by atoms with Crippen LogP contribution in [0.15, 0.2) is 28.7 Å². The number of hydrogen-bond acceptors (Lipinski definition) is 5. The van der Waals surface area contributed by atoms with Crippen LogP contribution < -0.4 is 5.32 Å². The minimum atomic E-state index is -0.134. The van der Waals surface area contributed by atoms with Crippen molar-refractivity contribution in [2.45, 2.75) is 51.2 Å². The molecule has 2 aromatic heterocycles. The molecule has 1 aromatic carbocycles. The predicted molar refractivity (Wildman–Crippen MR) is 131 cm³/mol. The first-order valence-electron chi connectivity index (χ1n) is 10.3. The van der Waals surface area contributed by atoms with Crippen molar-refractivity contribution in [1.29, 1.82) is 0 Å². The summed E-state index contributed by atoms with van der Waals surface area (Å²) in [5, 5.41) is 15.6. The summed E-state index contributed by atoms with van der Waals surface area (Å²) in [6.45, 7) is 6.55. The molecule has 0 bridgehead atoms. The molecule has 1 amide bonds. The molecule has 1 aliphatic carbocycles. The number of benzene rings is 1. The molecule has 1 N–H and O–H groups in total. The normalized spacial score (nSPS) is 15.9. The number of nitrogens with one attached hydrogen (secondary N) is 1. The number of fused-ring (bicyclic) bond motifs is 1. The van der Waals surface area contributed by atoms with Gasteiger partial charge in [-0.1, -0.05) is 41.9 Å². The molecule has 1 atom stereocenters. The van der Waals surface area contributed by atoms with Crippen LogP contribution in [0.2, 0.25) is 10.0 Å². The molecule has 2 heterocycles. The van der Waals surface area contributed by atoms with E-state index in [2.05, 4.69) is 46.2 Å². The van der Waals surface area contributed by atoms with Gasteiger partial charge in [-0.05, 0) is 62.8 Å². The molecule has 5 nitrogen and oxygen atoms in total. The maximum Gasteiger partial charge on any atom is 0.234 e. The molecule has 31 heavy (non-hydrogen) atoms. The zero-order chi connectivity index (χ0) is 22.1. The standard InChI is InChI=1S/C22H24Cl2N4OS2/c1-12(2)28-21(16-10-30-19-8-13(3)4-6-15(16)19)26-27-22(28)31-11-20(29)25-14-5-7-17(23)18(24)9-14/h5,7,9-10,12-13H,4,6,8,11H2,1-3H3,(H,25,29). The lowest BCUT2D eigenvalue weighted by Crippen LogP contribution is -2.15. The van der Waals surface area contributed by atoms with E-state index in [1.807, 2.05) is 11.3 Å². The summed E-state index contributed by atoms with van der Waals surface area (Å²) >= 11 is 15.2. The number of halogens is 2. The molecule has 1 unspecified atom stereocenters. The van der Waals surface area contributed by atoms with Crippen LogP contribution in [0.4, 0.5) is 5.69 Å². The highest BCUT2D eigenvalue weighted by Crippen LogP contribution is 2.39. The van der Waals surface area contributed by atoms with E-state index >= 15 is 0 Å². The highest BCUT2D eigenvalue weighted by molar-refractivity contribution is 7.99. The summed E-state index contributed by atoms with van der Waals surface area (Å²) in [4.78, 5) is 13.9. The maximum absolute atomic E-state index is 12.5. The number of thioether (sulfide) groups is 1. The van der Waals surface area contributed by atoms with Gasteiger partial charge in [0.05, 0.1) is 15.8 Å². The van der Waals surface area contributed by atoms with Gasteiger partial charge in [0.15, 0.2) is 11.0 Å². The Bertz CT molecular complexity index is 1110. The number of thiophene rings is 1. The molecular weight excluding hydrogens is 471 g/mol. The zero-order valence-corrected chi connectivity index (χ0v) is 20.8. The number of hydrogen-bond donors (Lipinski definition) is 1. The van der Waals surface area contributed by atoms with Crippen molar-refractivity contribution >= 4 is 57.9 Å². The molecule has 164 valence electrons. The van der Waals surface area contributed by atoms with Gasteiger partial charge in [-0.2, -0.15) is 0 Å². The van der Waals surface area contributed by atoms with E-state index < -0.39 is 0 Å². The first-order chi connectivity index (χ1) is 14.8. The first-order valence-corrected chi connectivity index (χ1v) is 12.9. The Labute approximate surface area is 200 Å². The largest absolute Gasteiger partial charge is 0.325 e. The third-order valence-electron chi connectivity index (χ3n) is 5.36. The average molecular weight is 496 g/mol. The highest BCUT2D eigenvalue weighted by Gasteiger charge is 2.25. The Kier molecular flexibility index (Phi) is 6.96. The molecule has 3 aromatic rings. The number of amides is 1. The Morgan fingerprint density at radius 2 is 2.13 bits per heavy atom. The SMILES string of the molecule is CC1CCc2c(-c3nnc(SCC(=O)Nc4ccc(Cl)c(Cl)c4)n3C(C)C)csc2C1. The summed E-state index contributed by atoms with van der Waals surface area (Å²) < 4.78 is 2.14. The fourth-order valence-corrected chi connectivity index (χ4v) is 6.20. The molecule has 0 saturated carbocycles. The minimum Gasteiger partial charge on any atom is -0.325 e. The van der Waals surface area contributed by atoms with Crippen LogP contribution in [-0.2, 0) is 17.6 Å². The van der Waals surface area contributed by atoms with E-state index in [0.29, 0.717) is 15.7 Å². The molecule has 4 rings (SSSR count). The summed E-state index contributed by atoms with van der Waals surface area (Å²) in [5.74, 6) is 1.73. The van der Waals surface area contributed by atoms with Crippen molar-refractivity contribution in [3.8, 4) is 11.4 Å². The van der Waals surface area contributed by atoms with Gasteiger partial charge in [0.25, 0.3) is 0 Å². The fourth-order valence-electron chi connectivity index (χ4n) is 3.79. The lowest BCUT2D eigenvalue weighted by molar-refractivity contribution is -0.113. The van der Waals surface area contributed by atoms with Gasteiger partial charge < -0.3 is 5.32 Å². The molecule has 0 saturated heterocycles. The topological polar surface area (TPSA) is 59.8 Å². The van der Waals surface area contributed by atoms with Crippen molar-refractivity contribution in [1.82, 2.24) is 14.8 Å². The second kappa shape index (κ2) is 9.53. The van der Waals surface area contributed by atoms with Crippen LogP contribution in [-0.4, -0.2) is 26.4 Å². The number of carbonyl (C=O) groups excluding carboxylic acids is 1. The smallest absolute Gasteiger partial charge is 0.234 e. The summed E-state index contributed by atoms with van der Waals surface area (Å²) in [5.41, 5.74) is 3.23. The molecule has 1 aliphatic rings. The first kappa shape index (κ1) is 22.6. The lowest BCUT2D eigenvalue weighted by Gasteiger charge is -2.19. The lowest BCUT2D eigenvalue weighted by atomic mass is 9.88. The maximum atomic E-state index is 12.5. The van der Waals surface area contributed by atoms with E-state index in [1.54, 1.807) is 18.2 Å². The van der Waals surface area contributed by atoms with E-state index in [-0.39, 0.29) is 17.7 Å². The minimum absolute atomic E-state index is 0.134. The van der Waals surface area contributed by atoms with Crippen molar-refractivity contribution in [2.24, 2.45) is 5.92 Å².